The lowest BCUT2D eigenvalue weighted by molar-refractivity contribution is -0.137. The summed E-state index contributed by atoms with van der Waals surface area (Å²) in [5.74, 6) is -0.444. The van der Waals surface area contributed by atoms with Gasteiger partial charge in [-0.1, -0.05) is 76.1 Å². The molecule has 2 aromatic carbocycles. The van der Waals surface area contributed by atoms with Crippen LogP contribution in [0.1, 0.15) is 82.9 Å². The maximum absolute atomic E-state index is 12.5. The Morgan fingerprint density at radius 3 is 2.22 bits per heavy atom. The first-order valence-electron chi connectivity index (χ1n) is 17.4. The number of fused-ring (bicyclic) bond motifs is 2. The van der Waals surface area contributed by atoms with Gasteiger partial charge in [-0.05, 0) is 67.7 Å². The van der Waals surface area contributed by atoms with Crippen LogP contribution < -0.4 is 9.80 Å². The van der Waals surface area contributed by atoms with Gasteiger partial charge in [-0.2, -0.15) is 8.42 Å². The molecule has 3 heterocycles. The zero-order valence-corrected chi connectivity index (χ0v) is 30.8. The van der Waals surface area contributed by atoms with E-state index >= 15 is 0 Å². The summed E-state index contributed by atoms with van der Waals surface area (Å²) in [6, 6.07) is 11.5. The van der Waals surface area contributed by atoms with Crippen molar-refractivity contribution in [1.29, 1.82) is 0 Å². The molecule has 3 aliphatic rings. The Labute approximate surface area is 296 Å². The highest BCUT2D eigenvalue weighted by Gasteiger charge is 2.43. The summed E-state index contributed by atoms with van der Waals surface area (Å²) in [4.78, 5) is 41.5. The lowest BCUT2D eigenvalue weighted by atomic mass is 9.80. The number of unbranched alkanes of at least 4 members (excludes halogenated alkanes) is 2. The first-order chi connectivity index (χ1) is 23.5. The molecule has 0 spiro atoms. The fourth-order valence-corrected chi connectivity index (χ4v) is 8.07. The Kier molecular flexibility index (Phi) is 10.7. The van der Waals surface area contributed by atoms with E-state index in [9.17, 15) is 27.4 Å². The molecule has 1 atom stereocenters. The molecular weight excluding hydrogens is 651 g/mol. The topological polar surface area (TPSA) is 115 Å². The van der Waals surface area contributed by atoms with Crippen LogP contribution in [0.15, 0.2) is 89.5 Å². The average molecular weight is 700 g/mol. The highest BCUT2D eigenvalue weighted by molar-refractivity contribution is 7.85. The number of aryl methyl sites for hydroxylation is 1. The van der Waals surface area contributed by atoms with E-state index in [0.29, 0.717) is 19.3 Å². The molecule has 1 N–H and O–H groups in total. The van der Waals surface area contributed by atoms with Crippen molar-refractivity contribution in [2.45, 2.75) is 94.9 Å². The van der Waals surface area contributed by atoms with Crippen LogP contribution in [0.2, 0.25) is 0 Å². The normalized spacial score (nSPS) is 20.3. The third-order valence-electron chi connectivity index (χ3n) is 10.4. The van der Waals surface area contributed by atoms with Gasteiger partial charge < -0.3 is 9.80 Å². The first kappa shape index (κ1) is 37.0. The molecule has 0 aromatic heterocycles. The van der Waals surface area contributed by atoms with Crippen molar-refractivity contribution in [3.63, 3.8) is 0 Å². The number of likely N-dealkylation sites (N-methyl/N-ethyl adjacent to an activating group) is 1. The fourth-order valence-electron chi connectivity index (χ4n) is 7.57. The number of carbonyl (C=O) groups is 3. The number of hydrogen-bond acceptors (Lipinski definition) is 7. The van der Waals surface area contributed by atoms with Gasteiger partial charge in [0.15, 0.2) is 0 Å². The molecule has 5 rings (SSSR count). The van der Waals surface area contributed by atoms with Crippen LogP contribution in [0.3, 0.4) is 0 Å². The van der Waals surface area contributed by atoms with E-state index in [1.54, 1.807) is 12.1 Å². The van der Waals surface area contributed by atoms with Crippen molar-refractivity contribution in [3.05, 3.63) is 101 Å². The molecule has 2 amide bonds. The Morgan fingerprint density at radius 2 is 1.52 bits per heavy atom. The summed E-state index contributed by atoms with van der Waals surface area (Å²) in [5.41, 5.74) is 6.00. The maximum atomic E-state index is 12.5. The van der Waals surface area contributed by atoms with E-state index in [0.717, 1.165) is 42.8 Å². The molecule has 10 heteroatoms. The van der Waals surface area contributed by atoms with Crippen molar-refractivity contribution >= 4 is 39.1 Å². The number of carbonyl (C=O) groups excluding carboxylic acids is 3. The Morgan fingerprint density at radius 1 is 0.840 bits per heavy atom. The molecule has 2 aromatic rings. The second-order valence-electron chi connectivity index (χ2n) is 14.7. The lowest BCUT2D eigenvalue weighted by Gasteiger charge is -2.32. The number of imide groups is 1. The van der Waals surface area contributed by atoms with Crippen molar-refractivity contribution in [2.24, 2.45) is 0 Å². The number of allylic oxidation sites excluding steroid dienone is 5. The van der Waals surface area contributed by atoms with Crippen molar-refractivity contribution in [2.75, 3.05) is 29.9 Å². The van der Waals surface area contributed by atoms with E-state index in [1.807, 2.05) is 33.0 Å². The van der Waals surface area contributed by atoms with E-state index in [-0.39, 0.29) is 40.5 Å². The van der Waals surface area contributed by atoms with Crippen LogP contribution in [0.5, 0.6) is 0 Å². The van der Waals surface area contributed by atoms with E-state index in [2.05, 4.69) is 67.0 Å². The molecule has 9 nitrogen and oxygen atoms in total. The van der Waals surface area contributed by atoms with Crippen LogP contribution >= 0.6 is 0 Å². The standard InChI is InChI=1S/C40H49N3O6S/c1-28-18-20-34-31(26-28)40(4,5)36(42(34)24-12-8-9-14-29(44)15-13-25-43-37(45)22-23-38(43)46)17-11-7-10-16-35-39(2,3)32-27-30(50(47,48)49)19-21-33(32)41(35)6/h7,10-11,16-23,26-27,36H,8-9,12-15,24-25H2,1-6H3,(H,47,48,49)/b10-7+,17-11+,35-16+. The number of hydrogen-bond donors (Lipinski definition) is 1. The quantitative estimate of drug-likeness (QED) is 0.0974. The van der Waals surface area contributed by atoms with Gasteiger partial charge in [0.05, 0.1) is 10.9 Å². The van der Waals surface area contributed by atoms with Crippen LogP contribution in [0.4, 0.5) is 11.4 Å². The van der Waals surface area contributed by atoms with E-state index < -0.39 is 15.5 Å². The molecule has 0 aliphatic carbocycles. The monoisotopic (exact) mass is 699 g/mol. The highest BCUT2D eigenvalue weighted by Crippen LogP contribution is 2.48. The minimum atomic E-state index is -4.30. The van der Waals surface area contributed by atoms with Gasteiger partial charge in [0, 0.05) is 73.0 Å². The van der Waals surface area contributed by atoms with Crippen molar-refractivity contribution in [3.8, 4) is 0 Å². The Hall–Kier alpha value is -4.28. The number of rotatable bonds is 14. The smallest absolute Gasteiger partial charge is 0.294 e. The van der Waals surface area contributed by atoms with Gasteiger partial charge in [0.2, 0.25) is 0 Å². The van der Waals surface area contributed by atoms with Gasteiger partial charge in [0.25, 0.3) is 21.9 Å². The summed E-state index contributed by atoms with van der Waals surface area (Å²) < 4.78 is 33.2. The minimum absolute atomic E-state index is 0.105. The van der Waals surface area contributed by atoms with Gasteiger partial charge in [-0.15, -0.1) is 0 Å². The number of anilines is 2. The van der Waals surface area contributed by atoms with Gasteiger partial charge in [0.1, 0.15) is 5.78 Å². The number of amides is 2. The third kappa shape index (κ3) is 7.56. The molecule has 0 fully saturated rings. The highest BCUT2D eigenvalue weighted by atomic mass is 32.2. The third-order valence-corrected chi connectivity index (χ3v) is 11.2. The minimum Gasteiger partial charge on any atom is -0.364 e. The van der Waals surface area contributed by atoms with Gasteiger partial charge in [-0.25, -0.2) is 0 Å². The molecule has 0 radical (unpaired) electrons. The van der Waals surface area contributed by atoms with Crippen LogP contribution in [-0.4, -0.2) is 61.6 Å². The number of Topliss-reactive ketones (excluding diaryl/α,β-unsaturated/α-hetero) is 1. The van der Waals surface area contributed by atoms with E-state index in [1.165, 1.54) is 39.9 Å². The molecule has 0 saturated carbocycles. The van der Waals surface area contributed by atoms with Crippen LogP contribution in [0.25, 0.3) is 0 Å². The zero-order valence-electron chi connectivity index (χ0n) is 30.0. The summed E-state index contributed by atoms with van der Waals surface area (Å²) >= 11 is 0. The second kappa shape index (κ2) is 14.5. The molecule has 266 valence electrons. The molecule has 1 unspecified atom stereocenters. The van der Waals surface area contributed by atoms with Crippen LogP contribution in [-0.2, 0) is 35.3 Å². The predicted molar refractivity (Wildman–Crippen MR) is 198 cm³/mol. The summed E-state index contributed by atoms with van der Waals surface area (Å²) in [5, 5.41) is 0. The summed E-state index contributed by atoms with van der Waals surface area (Å²) in [6.45, 7) is 11.9. The molecular formula is C40H49N3O6S. The maximum Gasteiger partial charge on any atom is 0.294 e. The molecule has 3 aliphatic heterocycles. The van der Waals surface area contributed by atoms with Crippen molar-refractivity contribution < 1.29 is 27.4 Å². The summed E-state index contributed by atoms with van der Waals surface area (Å²) in [7, 11) is -2.34. The number of benzene rings is 2. The first-order valence-corrected chi connectivity index (χ1v) is 18.8. The Balaban J connectivity index is 1.20. The number of nitrogens with zero attached hydrogens (tertiary/aromatic N) is 3. The number of ketones is 1. The van der Waals surface area contributed by atoms with E-state index in [4.69, 9.17) is 0 Å². The molecule has 0 bridgehead atoms. The predicted octanol–water partition coefficient (Wildman–Crippen LogP) is 6.97. The fraction of sp³-hybridized carbons (Fsp3) is 0.425. The average Bonchev–Trinajstić information content (AvgIpc) is 3.55. The van der Waals surface area contributed by atoms with Crippen molar-refractivity contribution in [1.82, 2.24) is 4.90 Å². The second-order valence-corrected chi connectivity index (χ2v) is 16.1. The SMILES string of the molecule is Cc1ccc2c(c1)C(C)(C)C(/C=C/C=C/C=C1/N(C)c3ccc(S(=O)(=O)O)cc3C1(C)C)N2CCCCCC(=O)CCCN1C(=O)C=CC1=O. The zero-order chi connectivity index (χ0) is 36.4. The van der Waals surface area contributed by atoms with Crippen LogP contribution in [0, 0.1) is 6.92 Å². The molecule has 50 heavy (non-hydrogen) atoms. The summed E-state index contributed by atoms with van der Waals surface area (Å²) in [6.07, 6.45) is 17.1. The lowest BCUT2D eigenvalue weighted by Crippen LogP contribution is -2.40. The van der Waals surface area contributed by atoms with Gasteiger partial charge in [-0.3, -0.25) is 23.8 Å². The molecule has 0 saturated heterocycles. The largest absolute Gasteiger partial charge is 0.364 e. The Bertz CT molecular complexity index is 1880. The van der Waals surface area contributed by atoms with Gasteiger partial charge >= 0.3 is 0 Å².